The van der Waals surface area contributed by atoms with Gasteiger partial charge in [0.1, 0.15) is 6.04 Å². The molecule has 1 aromatic rings. The number of rotatable bonds is 4. The Balaban J connectivity index is 1.42. The van der Waals surface area contributed by atoms with Crippen LogP contribution in [-0.2, 0) is 10.2 Å². The summed E-state index contributed by atoms with van der Waals surface area (Å²) in [4.78, 5) is 26.2. The number of ether oxygens (including phenoxy) is 2. The van der Waals surface area contributed by atoms with Crippen LogP contribution in [0.5, 0.6) is 11.5 Å². The number of piperazine rings is 1. The zero-order valence-corrected chi connectivity index (χ0v) is 14.3. The summed E-state index contributed by atoms with van der Waals surface area (Å²) in [6.07, 6.45) is 2.68. The van der Waals surface area contributed by atoms with Crippen LogP contribution in [0.4, 0.5) is 4.79 Å². The molecule has 0 spiro atoms. The van der Waals surface area contributed by atoms with E-state index < -0.39 is 0 Å². The van der Waals surface area contributed by atoms with E-state index in [9.17, 15) is 9.59 Å². The van der Waals surface area contributed by atoms with Gasteiger partial charge in [-0.2, -0.15) is 0 Å². The number of urea groups is 1. The normalized spacial score (nSPS) is 23.2. The molecule has 0 aromatic heterocycles. The molecule has 1 atom stereocenters. The van der Waals surface area contributed by atoms with Gasteiger partial charge in [-0.3, -0.25) is 4.79 Å². The topological polar surface area (TPSA) is 79.9 Å². The van der Waals surface area contributed by atoms with E-state index in [1.54, 1.807) is 4.90 Å². The number of fused-ring (bicyclic) bond motifs is 1. The molecule has 7 heteroatoms. The van der Waals surface area contributed by atoms with Crippen LogP contribution in [0.25, 0.3) is 0 Å². The Hall–Kier alpha value is -2.44. The fourth-order valence-electron chi connectivity index (χ4n) is 3.65. The molecule has 134 valence electrons. The quantitative estimate of drug-likeness (QED) is 0.864. The first-order chi connectivity index (χ1) is 12.1. The van der Waals surface area contributed by atoms with E-state index in [1.807, 2.05) is 19.1 Å². The van der Waals surface area contributed by atoms with Crippen molar-refractivity contribution in [2.45, 2.75) is 37.6 Å². The summed E-state index contributed by atoms with van der Waals surface area (Å²) in [5.74, 6) is 1.48. The highest BCUT2D eigenvalue weighted by atomic mass is 16.7. The van der Waals surface area contributed by atoms with E-state index in [0.717, 1.165) is 24.3 Å². The highest BCUT2D eigenvalue weighted by Gasteiger charge is 2.45. The highest BCUT2D eigenvalue weighted by molar-refractivity contribution is 5.88. The van der Waals surface area contributed by atoms with Crippen LogP contribution in [0.1, 0.15) is 31.7 Å². The average molecular weight is 345 g/mol. The molecule has 0 unspecified atom stereocenters. The first-order valence-corrected chi connectivity index (χ1v) is 8.85. The van der Waals surface area contributed by atoms with Gasteiger partial charge in [0, 0.05) is 25.0 Å². The Morgan fingerprint density at radius 2 is 2.16 bits per heavy atom. The third kappa shape index (κ3) is 2.88. The standard InChI is InChI=1S/C18H23N3O4/c1-2-13-16(22)19-7-8-21(13)17(23)20-10-18(5-6-18)12-3-4-14-15(9-12)25-11-24-14/h3-4,9,13H,2,5-8,10-11H2,1H3,(H,19,22)(H,20,23)/t13-/m1/s1. The van der Waals surface area contributed by atoms with Crippen molar-refractivity contribution in [2.24, 2.45) is 0 Å². The largest absolute Gasteiger partial charge is 0.454 e. The van der Waals surface area contributed by atoms with Gasteiger partial charge in [0.2, 0.25) is 12.7 Å². The summed E-state index contributed by atoms with van der Waals surface area (Å²) in [6, 6.07) is 5.46. The molecular formula is C18H23N3O4. The van der Waals surface area contributed by atoms with Gasteiger partial charge in [-0.05, 0) is 37.0 Å². The zero-order chi connectivity index (χ0) is 17.4. The number of carbonyl (C=O) groups is 2. The number of hydrogen-bond donors (Lipinski definition) is 2. The molecule has 4 rings (SSSR count). The van der Waals surface area contributed by atoms with Crippen LogP contribution in [0.3, 0.4) is 0 Å². The van der Waals surface area contributed by atoms with Gasteiger partial charge in [0.05, 0.1) is 0 Å². The summed E-state index contributed by atoms with van der Waals surface area (Å²) >= 11 is 0. The zero-order valence-electron chi connectivity index (χ0n) is 14.3. The number of hydrogen-bond acceptors (Lipinski definition) is 4. The molecule has 2 aliphatic heterocycles. The number of amides is 3. The molecule has 3 aliphatic rings. The van der Waals surface area contributed by atoms with Crippen molar-refractivity contribution in [1.29, 1.82) is 0 Å². The van der Waals surface area contributed by atoms with Crippen molar-refractivity contribution in [1.82, 2.24) is 15.5 Å². The van der Waals surface area contributed by atoms with Crippen molar-refractivity contribution >= 4 is 11.9 Å². The molecule has 2 fully saturated rings. The first-order valence-electron chi connectivity index (χ1n) is 8.85. The fraction of sp³-hybridized carbons (Fsp3) is 0.556. The molecule has 2 N–H and O–H groups in total. The van der Waals surface area contributed by atoms with E-state index in [1.165, 1.54) is 5.56 Å². The monoisotopic (exact) mass is 345 g/mol. The number of nitrogens with one attached hydrogen (secondary N) is 2. The third-order valence-corrected chi connectivity index (χ3v) is 5.39. The molecule has 3 amide bonds. The predicted octanol–water partition coefficient (Wildman–Crippen LogP) is 1.37. The van der Waals surface area contributed by atoms with E-state index in [0.29, 0.717) is 26.1 Å². The first kappa shape index (κ1) is 16.1. The molecule has 7 nitrogen and oxygen atoms in total. The van der Waals surface area contributed by atoms with Crippen LogP contribution in [0, 0.1) is 0 Å². The molecule has 1 saturated heterocycles. The van der Waals surface area contributed by atoms with E-state index in [4.69, 9.17) is 9.47 Å². The lowest BCUT2D eigenvalue weighted by Crippen LogP contribution is -2.59. The van der Waals surface area contributed by atoms with Gasteiger partial charge >= 0.3 is 6.03 Å². The average Bonchev–Trinajstić information content (AvgIpc) is 3.27. The Morgan fingerprint density at radius 1 is 1.36 bits per heavy atom. The number of carbonyl (C=O) groups excluding carboxylic acids is 2. The molecule has 25 heavy (non-hydrogen) atoms. The summed E-state index contributed by atoms with van der Waals surface area (Å²) in [5, 5.41) is 5.86. The number of benzene rings is 1. The van der Waals surface area contributed by atoms with Gasteiger partial charge in [-0.15, -0.1) is 0 Å². The van der Waals surface area contributed by atoms with E-state index in [-0.39, 0.29) is 30.2 Å². The van der Waals surface area contributed by atoms with E-state index >= 15 is 0 Å². The fourth-order valence-corrected chi connectivity index (χ4v) is 3.65. The molecule has 0 radical (unpaired) electrons. The molecule has 2 heterocycles. The Kier molecular flexibility index (Phi) is 3.94. The highest BCUT2D eigenvalue weighted by Crippen LogP contribution is 2.49. The SMILES string of the molecule is CC[C@@H]1C(=O)NCCN1C(=O)NCC1(c2ccc3c(c2)OCO3)CC1. The predicted molar refractivity (Wildman–Crippen MR) is 90.7 cm³/mol. The van der Waals surface area contributed by atoms with Gasteiger partial charge in [0.25, 0.3) is 0 Å². The Labute approximate surface area is 146 Å². The third-order valence-electron chi connectivity index (χ3n) is 5.39. The smallest absolute Gasteiger partial charge is 0.318 e. The van der Waals surface area contributed by atoms with Crippen LogP contribution in [0.2, 0.25) is 0 Å². The molecular weight excluding hydrogens is 322 g/mol. The second kappa shape index (κ2) is 6.13. The number of nitrogens with zero attached hydrogens (tertiary/aromatic N) is 1. The van der Waals surface area contributed by atoms with Crippen LogP contribution >= 0.6 is 0 Å². The van der Waals surface area contributed by atoms with Crippen LogP contribution in [0.15, 0.2) is 18.2 Å². The molecule has 1 aromatic carbocycles. The summed E-state index contributed by atoms with van der Waals surface area (Å²) in [6.45, 7) is 3.81. The lowest BCUT2D eigenvalue weighted by molar-refractivity contribution is -0.127. The van der Waals surface area contributed by atoms with Crippen LogP contribution in [-0.4, -0.2) is 49.3 Å². The lowest BCUT2D eigenvalue weighted by Gasteiger charge is -2.34. The van der Waals surface area contributed by atoms with Crippen molar-refractivity contribution in [3.63, 3.8) is 0 Å². The minimum atomic E-state index is -0.380. The molecule has 0 bridgehead atoms. The Morgan fingerprint density at radius 3 is 2.92 bits per heavy atom. The van der Waals surface area contributed by atoms with Crippen molar-refractivity contribution < 1.29 is 19.1 Å². The van der Waals surface area contributed by atoms with E-state index in [2.05, 4.69) is 16.7 Å². The van der Waals surface area contributed by atoms with Gasteiger partial charge < -0.3 is 25.0 Å². The van der Waals surface area contributed by atoms with Crippen molar-refractivity contribution in [3.05, 3.63) is 23.8 Å². The van der Waals surface area contributed by atoms with Gasteiger partial charge in [-0.1, -0.05) is 13.0 Å². The molecule has 1 aliphatic carbocycles. The maximum atomic E-state index is 12.6. The summed E-state index contributed by atoms with van der Waals surface area (Å²) in [7, 11) is 0. The Bertz CT molecular complexity index is 702. The molecule has 1 saturated carbocycles. The minimum absolute atomic E-state index is 0.0314. The lowest BCUT2D eigenvalue weighted by atomic mass is 9.95. The van der Waals surface area contributed by atoms with Gasteiger partial charge in [-0.25, -0.2) is 4.79 Å². The van der Waals surface area contributed by atoms with Gasteiger partial charge in [0.15, 0.2) is 11.5 Å². The van der Waals surface area contributed by atoms with Crippen molar-refractivity contribution in [3.8, 4) is 11.5 Å². The maximum absolute atomic E-state index is 12.6. The maximum Gasteiger partial charge on any atom is 0.318 e. The minimum Gasteiger partial charge on any atom is -0.454 e. The van der Waals surface area contributed by atoms with Crippen molar-refractivity contribution in [2.75, 3.05) is 26.4 Å². The summed E-state index contributed by atoms with van der Waals surface area (Å²) in [5.41, 5.74) is 1.14. The van der Waals surface area contributed by atoms with Crippen LogP contribution < -0.4 is 20.1 Å². The summed E-state index contributed by atoms with van der Waals surface area (Å²) < 4.78 is 10.8. The second-order valence-electron chi connectivity index (χ2n) is 6.92. The second-order valence-corrected chi connectivity index (χ2v) is 6.92.